The van der Waals surface area contributed by atoms with E-state index < -0.39 is 0 Å². The highest BCUT2D eigenvalue weighted by Gasteiger charge is 2.08. The minimum atomic E-state index is -0.260. The molecule has 0 saturated carbocycles. The molecule has 2 aromatic rings. The van der Waals surface area contributed by atoms with Gasteiger partial charge < -0.3 is 14.8 Å². The van der Waals surface area contributed by atoms with Gasteiger partial charge in [-0.25, -0.2) is 4.39 Å². The summed E-state index contributed by atoms with van der Waals surface area (Å²) in [6.45, 7) is 4.44. The molecule has 0 unspecified atom stereocenters. The zero-order valence-electron chi connectivity index (χ0n) is 12.5. The monoisotopic (exact) mass is 289 g/mol. The van der Waals surface area contributed by atoms with Crippen molar-refractivity contribution in [2.75, 3.05) is 12.4 Å². The fourth-order valence-electron chi connectivity index (χ4n) is 1.98. The second kappa shape index (κ2) is 6.97. The van der Waals surface area contributed by atoms with Crippen molar-refractivity contribution in [3.05, 3.63) is 53.8 Å². The van der Waals surface area contributed by atoms with Crippen molar-refractivity contribution < 1.29 is 13.9 Å². The molecular weight excluding hydrogens is 269 g/mol. The lowest BCUT2D eigenvalue weighted by molar-refractivity contribution is 0.230. The van der Waals surface area contributed by atoms with E-state index in [9.17, 15) is 4.39 Å². The Labute approximate surface area is 124 Å². The van der Waals surface area contributed by atoms with Crippen molar-refractivity contribution in [2.24, 2.45) is 0 Å². The summed E-state index contributed by atoms with van der Waals surface area (Å²) in [5.74, 6) is 1.13. The van der Waals surface area contributed by atoms with E-state index in [0.717, 1.165) is 5.56 Å². The van der Waals surface area contributed by atoms with Crippen molar-refractivity contribution in [1.82, 2.24) is 0 Å². The van der Waals surface area contributed by atoms with Crippen LogP contribution in [-0.4, -0.2) is 13.2 Å². The van der Waals surface area contributed by atoms with Gasteiger partial charge in [0.05, 0.1) is 18.9 Å². The summed E-state index contributed by atoms with van der Waals surface area (Å²) in [6, 6.07) is 12.3. The highest BCUT2D eigenvalue weighted by atomic mass is 19.1. The average Bonchev–Trinajstić information content (AvgIpc) is 2.47. The van der Waals surface area contributed by atoms with Gasteiger partial charge in [-0.1, -0.05) is 18.2 Å². The summed E-state index contributed by atoms with van der Waals surface area (Å²) in [4.78, 5) is 0. The molecule has 3 nitrogen and oxygen atoms in total. The molecule has 0 saturated heterocycles. The van der Waals surface area contributed by atoms with E-state index >= 15 is 0 Å². The zero-order valence-corrected chi connectivity index (χ0v) is 12.5. The van der Waals surface area contributed by atoms with Crippen molar-refractivity contribution in [3.8, 4) is 11.5 Å². The smallest absolute Gasteiger partial charge is 0.161 e. The molecule has 0 aliphatic heterocycles. The van der Waals surface area contributed by atoms with Gasteiger partial charge in [0.15, 0.2) is 11.5 Å². The van der Waals surface area contributed by atoms with Crippen LogP contribution in [0, 0.1) is 5.82 Å². The number of benzene rings is 2. The Kier molecular flexibility index (Phi) is 5.04. The fraction of sp³-hybridized carbons (Fsp3) is 0.294. The maximum absolute atomic E-state index is 13.5. The average molecular weight is 289 g/mol. The number of halogens is 1. The van der Waals surface area contributed by atoms with Crippen molar-refractivity contribution in [2.45, 2.75) is 26.5 Å². The molecule has 0 aliphatic carbocycles. The number of rotatable bonds is 6. The van der Waals surface area contributed by atoms with E-state index in [0.29, 0.717) is 23.7 Å². The van der Waals surface area contributed by atoms with Gasteiger partial charge in [-0.15, -0.1) is 0 Å². The highest BCUT2D eigenvalue weighted by Crippen LogP contribution is 2.29. The molecule has 2 aromatic carbocycles. The third-order valence-electron chi connectivity index (χ3n) is 2.95. The van der Waals surface area contributed by atoms with Crippen LogP contribution in [0.15, 0.2) is 42.5 Å². The van der Waals surface area contributed by atoms with Gasteiger partial charge in [-0.3, -0.25) is 0 Å². The normalized spacial score (nSPS) is 10.5. The molecule has 0 aliphatic rings. The molecule has 0 amide bonds. The van der Waals surface area contributed by atoms with E-state index in [1.807, 2.05) is 32.0 Å². The van der Waals surface area contributed by atoms with E-state index in [1.165, 1.54) is 6.07 Å². The molecule has 0 fully saturated rings. The number of anilines is 1. The molecule has 0 aromatic heterocycles. The predicted octanol–water partition coefficient (Wildman–Crippen LogP) is 4.23. The van der Waals surface area contributed by atoms with Gasteiger partial charge in [-0.05, 0) is 43.7 Å². The molecule has 2 rings (SSSR count). The largest absolute Gasteiger partial charge is 0.493 e. The molecular formula is C17H20FNO2. The fourth-order valence-corrected chi connectivity index (χ4v) is 1.98. The summed E-state index contributed by atoms with van der Waals surface area (Å²) in [5.41, 5.74) is 1.48. The maximum Gasteiger partial charge on any atom is 0.161 e. The Hall–Kier alpha value is -2.23. The van der Waals surface area contributed by atoms with Gasteiger partial charge in [0.1, 0.15) is 5.82 Å². The van der Waals surface area contributed by atoms with Crippen LogP contribution < -0.4 is 14.8 Å². The summed E-state index contributed by atoms with van der Waals surface area (Å²) in [5, 5.41) is 3.07. The number of hydrogen-bond acceptors (Lipinski definition) is 3. The Balaban J connectivity index is 2.09. The Bertz CT molecular complexity index is 599. The van der Waals surface area contributed by atoms with Crippen LogP contribution in [-0.2, 0) is 6.54 Å². The summed E-state index contributed by atoms with van der Waals surface area (Å²) < 4.78 is 24.5. The predicted molar refractivity (Wildman–Crippen MR) is 82.5 cm³/mol. The molecule has 112 valence electrons. The van der Waals surface area contributed by atoms with Crippen LogP contribution in [0.5, 0.6) is 11.5 Å². The molecule has 0 bridgehead atoms. The van der Waals surface area contributed by atoms with Gasteiger partial charge >= 0.3 is 0 Å². The van der Waals surface area contributed by atoms with E-state index in [2.05, 4.69) is 5.32 Å². The number of methoxy groups -OCH3 is 1. The van der Waals surface area contributed by atoms with Crippen molar-refractivity contribution in [1.29, 1.82) is 0 Å². The van der Waals surface area contributed by atoms with Crippen LogP contribution in [0.1, 0.15) is 19.4 Å². The van der Waals surface area contributed by atoms with Crippen LogP contribution >= 0.6 is 0 Å². The van der Waals surface area contributed by atoms with Gasteiger partial charge in [0.25, 0.3) is 0 Å². The third-order valence-corrected chi connectivity index (χ3v) is 2.95. The second-order valence-corrected chi connectivity index (χ2v) is 4.99. The summed E-state index contributed by atoms with van der Waals surface area (Å²) >= 11 is 0. The number of ether oxygens (including phenoxy) is 2. The highest BCUT2D eigenvalue weighted by molar-refractivity contribution is 5.47. The number of hydrogen-bond donors (Lipinski definition) is 1. The second-order valence-electron chi connectivity index (χ2n) is 4.99. The lowest BCUT2D eigenvalue weighted by Crippen LogP contribution is -2.07. The van der Waals surface area contributed by atoms with Gasteiger partial charge in [0.2, 0.25) is 0 Å². The Morgan fingerprint density at radius 2 is 1.86 bits per heavy atom. The quantitative estimate of drug-likeness (QED) is 0.863. The first kappa shape index (κ1) is 15.2. The van der Waals surface area contributed by atoms with E-state index in [4.69, 9.17) is 9.47 Å². The molecule has 1 N–H and O–H groups in total. The number of nitrogens with one attached hydrogen (secondary N) is 1. The van der Waals surface area contributed by atoms with E-state index in [-0.39, 0.29) is 11.9 Å². The minimum Gasteiger partial charge on any atom is -0.493 e. The summed E-state index contributed by atoms with van der Waals surface area (Å²) in [7, 11) is 1.61. The Morgan fingerprint density at radius 1 is 1.10 bits per heavy atom. The van der Waals surface area contributed by atoms with Crippen LogP contribution in [0.4, 0.5) is 10.1 Å². The van der Waals surface area contributed by atoms with Crippen molar-refractivity contribution >= 4 is 5.69 Å². The van der Waals surface area contributed by atoms with Crippen LogP contribution in [0.3, 0.4) is 0 Å². The molecule has 0 atom stereocenters. The molecule has 0 spiro atoms. The Morgan fingerprint density at radius 3 is 2.52 bits per heavy atom. The van der Waals surface area contributed by atoms with Crippen molar-refractivity contribution in [3.63, 3.8) is 0 Å². The lowest BCUT2D eigenvalue weighted by atomic mass is 10.2. The minimum absolute atomic E-state index is 0.0845. The van der Waals surface area contributed by atoms with Gasteiger partial charge in [0, 0.05) is 6.54 Å². The molecule has 0 heterocycles. The zero-order chi connectivity index (χ0) is 15.2. The van der Waals surface area contributed by atoms with Crippen LogP contribution in [0.25, 0.3) is 0 Å². The first-order valence-electron chi connectivity index (χ1n) is 6.92. The van der Waals surface area contributed by atoms with Gasteiger partial charge in [-0.2, -0.15) is 0 Å². The van der Waals surface area contributed by atoms with E-state index in [1.54, 1.807) is 25.3 Å². The SMILES string of the molecule is COc1cc(CNc2ccccc2F)ccc1OC(C)C. The number of para-hydroxylation sites is 1. The molecule has 21 heavy (non-hydrogen) atoms. The maximum atomic E-state index is 13.5. The summed E-state index contributed by atoms with van der Waals surface area (Å²) in [6.07, 6.45) is 0.0845. The lowest BCUT2D eigenvalue weighted by Gasteiger charge is -2.15. The standard InChI is InChI=1S/C17H20FNO2/c1-12(2)21-16-9-8-13(10-17(16)20-3)11-19-15-7-5-4-6-14(15)18/h4-10,12,19H,11H2,1-3H3. The first-order valence-corrected chi connectivity index (χ1v) is 6.92. The first-order chi connectivity index (χ1) is 10.1. The third kappa shape index (κ3) is 4.12. The molecule has 4 heteroatoms. The van der Waals surface area contributed by atoms with Crippen LogP contribution in [0.2, 0.25) is 0 Å². The topological polar surface area (TPSA) is 30.5 Å². The molecule has 0 radical (unpaired) electrons.